The van der Waals surface area contributed by atoms with Crippen molar-refractivity contribution in [3.63, 3.8) is 0 Å². The van der Waals surface area contributed by atoms with Gasteiger partial charge in [-0.3, -0.25) is 0 Å². The lowest BCUT2D eigenvalue weighted by molar-refractivity contribution is 0.310. The van der Waals surface area contributed by atoms with Gasteiger partial charge in [-0.25, -0.2) is 4.39 Å². The van der Waals surface area contributed by atoms with E-state index in [1.807, 2.05) is 6.07 Å². The molecule has 1 aliphatic heterocycles. The molecule has 0 amide bonds. The second-order valence-electron chi connectivity index (χ2n) is 3.28. The number of halogens is 2. The molecule has 1 aromatic carbocycles. The number of fused-ring (bicyclic) bond motifs is 1. The lowest BCUT2D eigenvalue weighted by atomic mass is 10.1. The molecule has 0 radical (unpaired) electrons. The molecule has 0 bridgehead atoms. The predicted molar refractivity (Wildman–Crippen MR) is 54.9 cm³/mol. The zero-order chi connectivity index (χ0) is 11.0. The summed E-state index contributed by atoms with van der Waals surface area (Å²) in [7, 11) is 1.79. The Kier molecular flexibility index (Phi) is 2.41. The molecule has 1 heterocycles. The summed E-state index contributed by atoms with van der Waals surface area (Å²) in [5, 5.41) is 8.80. The molecule has 2 rings (SSSR count). The minimum absolute atomic E-state index is 0.0558. The molecule has 0 aliphatic carbocycles. The van der Waals surface area contributed by atoms with Crippen LogP contribution in [0.1, 0.15) is 5.56 Å². The van der Waals surface area contributed by atoms with Gasteiger partial charge in [0.2, 0.25) is 0 Å². The summed E-state index contributed by atoms with van der Waals surface area (Å²) in [5.74, 6) is -0.220. The minimum atomic E-state index is -0.685. The fourth-order valence-corrected chi connectivity index (χ4v) is 1.78. The van der Waals surface area contributed by atoms with Crippen molar-refractivity contribution in [2.24, 2.45) is 0 Å². The van der Waals surface area contributed by atoms with Crippen LogP contribution >= 0.6 is 11.6 Å². The van der Waals surface area contributed by atoms with Gasteiger partial charge in [0.25, 0.3) is 0 Å². The van der Waals surface area contributed by atoms with E-state index in [9.17, 15) is 4.39 Å². The van der Waals surface area contributed by atoms with Crippen molar-refractivity contribution in [2.45, 2.75) is 0 Å². The maximum absolute atomic E-state index is 13.5. The van der Waals surface area contributed by atoms with Crippen LogP contribution in [0.5, 0.6) is 5.75 Å². The number of benzene rings is 1. The Balaban J connectivity index is 2.72. The van der Waals surface area contributed by atoms with Crippen LogP contribution in [0.15, 0.2) is 6.07 Å². The zero-order valence-corrected chi connectivity index (χ0v) is 8.81. The van der Waals surface area contributed by atoms with E-state index in [1.165, 1.54) is 6.07 Å². The summed E-state index contributed by atoms with van der Waals surface area (Å²) in [6.45, 7) is 1.14. The van der Waals surface area contributed by atoms with Gasteiger partial charge >= 0.3 is 0 Å². The van der Waals surface area contributed by atoms with Gasteiger partial charge in [0.1, 0.15) is 29.7 Å². The van der Waals surface area contributed by atoms with Crippen LogP contribution < -0.4 is 9.64 Å². The molecule has 78 valence electrons. The third-order valence-corrected chi connectivity index (χ3v) is 2.61. The average Bonchev–Trinajstić information content (AvgIpc) is 2.21. The van der Waals surface area contributed by atoms with Gasteiger partial charge in [0.15, 0.2) is 5.82 Å². The number of hydrogen-bond donors (Lipinski definition) is 0. The standard InChI is InChI=1S/C10H8ClFN2O/c1-14-2-3-15-8-4-7(11)9(12)6(5-13)10(8)14/h4H,2-3H2,1H3. The minimum Gasteiger partial charge on any atom is -0.489 e. The molecule has 0 saturated carbocycles. The van der Waals surface area contributed by atoms with Crippen LogP contribution in [0.2, 0.25) is 5.02 Å². The summed E-state index contributed by atoms with van der Waals surface area (Å²) in [5.41, 5.74) is 0.422. The van der Waals surface area contributed by atoms with E-state index < -0.39 is 5.82 Å². The maximum Gasteiger partial charge on any atom is 0.161 e. The predicted octanol–water partition coefficient (Wildman–Crippen LogP) is 2.18. The summed E-state index contributed by atoms with van der Waals surface area (Å²) in [6.07, 6.45) is 0. The maximum atomic E-state index is 13.5. The van der Waals surface area contributed by atoms with Gasteiger partial charge < -0.3 is 9.64 Å². The number of likely N-dealkylation sites (N-methyl/N-ethyl adjacent to an activating group) is 1. The highest BCUT2D eigenvalue weighted by molar-refractivity contribution is 6.31. The Morgan fingerprint density at radius 2 is 2.40 bits per heavy atom. The first kappa shape index (κ1) is 10.1. The van der Waals surface area contributed by atoms with Gasteiger partial charge in [-0.15, -0.1) is 0 Å². The number of hydrogen-bond acceptors (Lipinski definition) is 3. The number of nitriles is 1. The van der Waals surface area contributed by atoms with Crippen molar-refractivity contribution < 1.29 is 9.13 Å². The van der Waals surface area contributed by atoms with Gasteiger partial charge in [-0.1, -0.05) is 11.6 Å². The first-order valence-corrected chi connectivity index (χ1v) is 4.79. The van der Waals surface area contributed by atoms with Gasteiger partial charge in [0.05, 0.1) is 11.6 Å². The average molecular weight is 227 g/mol. The molecular weight excluding hydrogens is 219 g/mol. The fraction of sp³-hybridized carbons (Fsp3) is 0.300. The van der Waals surface area contributed by atoms with Crippen molar-refractivity contribution in [2.75, 3.05) is 25.1 Å². The van der Waals surface area contributed by atoms with Crippen LogP contribution in [0.25, 0.3) is 0 Å². The highest BCUT2D eigenvalue weighted by Gasteiger charge is 2.24. The lowest BCUT2D eigenvalue weighted by Crippen LogP contribution is -2.29. The zero-order valence-electron chi connectivity index (χ0n) is 8.05. The van der Waals surface area contributed by atoms with Crippen LogP contribution in [0, 0.1) is 17.1 Å². The summed E-state index contributed by atoms with van der Waals surface area (Å²) in [6, 6.07) is 3.22. The van der Waals surface area contributed by atoms with Crippen LogP contribution in [-0.4, -0.2) is 20.2 Å². The number of rotatable bonds is 0. The molecule has 1 aliphatic rings. The monoisotopic (exact) mass is 226 g/mol. The Morgan fingerprint density at radius 3 is 3.07 bits per heavy atom. The molecule has 0 unspecified atom stereocenters. The fourth-order valence-electron chi connectivity index (χ4n) is 1.59. The van der Waals surface area contributed by atoms with Crippen molar-refractivity contribution in [3.05, 3.63) is 22.5 Å². The molecule has 0 spiro atoms. The van der Waals surface area contributed by atoms with Crippen LogP contribution in [-0.2, 0) is 0 Å². The highest BCUT2D eigenvalue weighted by atomic mass is 35.5. The largest absolute Gasteiger partial charge is 0.489 e. The van der Waals surface area contributed by atoms with Gasteiger partial charge in [-0.05, 0) is 0 Å². The second kappa shape index (κ2) is 3.59. The summed E-state index contributed by atoms with van der Waals surface area (Å²) in [4.78, 5) is 1.79. The number of nitrogens with zero attached hydrogens (tertiary/aromatic N) is 2. The third-order valence-electron chi connectivity index (χ3n) is 2.33. The van der Waals surface area contributed by atoms with E-state index in [0.29, 0.717) is 24.6 Å². The molecule has 0 atom stereocenters. The first-order valence-electron chi connectivity index (χ1n) is 4.41. The SMILES string of the molecule is CN1CCOc2cc(Cl)c(F)c(C#N)c21. The summed E-state index contributed by atoms with van der Waals surface area (Å²) < 4.78 is 18.9. The van der Waals surface area contributed by atoms with Crippen molar-refractivity contribution >= 4 is 17.3 Å². The lowest BCUT2D eigenvalue weighted by Gasteiger charge is -2.28. The molecule has 0 aromatic heterocycles. The highest BCUT2D eigenvalue weighted by Crippen LogP contribution is 2.38. The Hall–Kier alpha value is -1.47. The smallest absolute Gasteiger partial charge is 0.161 e. The van der Waals surface area contributed by atoms with Crippen molar-refractivity contribution in [1.29, 1.82) is 5.26 Å². The molecule has 0 N–H and O–H groups in total. The van der Waals surface area contributed by atoms with Gasteiger partial charge in [0, 0.05) is 13.1 Å². The molecule has 1 aromatic rings. The first-order chi connectivity index (χ1) is 7.15. The van der Waals surface area contributed by atoms with E-state index in [4.69, 9.17) is 21.6 Å². The second-order valence-corrected chi connectivity index (χ2v) is 3.68. The molecular formula is C10H8ClFN2O. The molecule has 0 fully saturated rings. The number of anilines is 1. The Labute approximate surface area is 91.6 Å². The van der Waals surface area contributed by atoms with E-state index in [2.05, 4.69) is 0 Å². The number of ether oxygens (including phenoxy) is 1. The Bertz CT molecular complexity index is 456. The van der Waals surface area contributed by atoms with Crippen molar-refractivity contribution in [3.8, 4) is 11.8 Å². The topological polar surface area (TPSA) is 36.3 Å². The summed E-state index contributed by atoms with van der Waals surface area (Å²) >= 11 is 5.65. The van der Waals surface area contributed by atoms with E-state index in [0.717, 1.165) is 0 Å². The molecule has 3 nitrogen and oxygen atoms in total. The Morgan fingerprint density at radius 1 is 1.67 bits per heavy atom. The van der Waals surface area contributed by atoms with E-state index in [1.54, 1.807) is 11.9 Å². The van der Waals surface area contributed by atoms with Crippen molar-refractivity contribution in [1.82, 2.24) is 0 Å². The van der Waals surface area contributed by atoms with E-state index in [-0.39, 0.29) is 10.6 Å². The van der Waals surface area contributed by atoms with E-state index >= 15 is 0 Å². The quantitative estimate of drug-likeness (QED) is 0.680. The molecule has 15 heavy (non-hydrogen) atoms. The molecule has 0 saturated heterocycles. The third kappa shape index (κ3) is 1.49. The normalized spacial score (nSPS) is 14.1. The van der Waals surface area contributed by atoms with Crippen LogP contribution in [0.4, 0.5) is 10.1 Å². The molecule has 5 heteroatoms. The van der Waals surface area contributed by atoms with Gasteiger partial charge in [-0.2, -0.15) is 5.26 Å². The van der Waals surface area contributed by atoms with Crippen LogP contribution in [0.3, 0.4) is 0 Å².